The van der Waals surface area contributed by atoms with E-state index < -0.39 is 6.10 Å². The summed E-state index contributed by atoms with van der Waals surface area (Å²) in [6, 6.07) is 6.16. The van der Waals surface area contributed by atoms with Crippen LogP contribution in [0.25, 0.3) is 0 Å². The Labute approximate surface area is 125 Å². The Morgan fingerprint density at radius 3 is 3.05 bits per heavy atom. The number of hydrogen-bond donors (Lipinski definition) is 1. The number of ether oxygens (including phenoxy) is 2. The van der Waals surface area contributed by atoms with Crippen molar-refractivity contribution in [3.05, 3.63) is 29.3 Å². The lowest BCUT2D eigenvalue weighted by Gasteiger charge is -2.17. The van der Waals surface area contributed by atoms with Gasteiger partial charge in [0.15, 0.2) is 6.10 Å². The molecule has 114 valence electrons. The van der Waals surface area contributed by atoms with Crippen LogP contribution in [0.1, 0.15) is 37.3 Å². The van der Waals surface area contributed by atoms with E-state index in [4.69, 9.17) is 9.47 Å². The Bertz CT molecular complexity index is 509. The number of fused-ring (bicyclic) bond motifs is 1. The largest absolute Gasteiger partial charge is 0.481 e. The molecule has 1 fully saturated rings. The van der Waals surface area contributed by atoms with E-state index in [9.17, 15) is 4.79 Å². The third kappa shape index (κ3) is 3.56. The van der Waals surface area contributed by atoms with Crippen LogP contribution < -0.4 is 10.1 Å². The standard InChI is InChI=1S/C17H23NO3/c1-12(17(19)18-11-16-6-3-9-20-16)21-15-8-7-13-4-2-5-14(13)10-15/h7-8,10,12,16H,2-6,9,11H2,1H3,(H,18,19)/t12-,16+/m1/s1. The first kappa shape index (κ1) is 14.4. The molecule has 0 bridgehead atoms. The molecule has 2 aliphatic rings. The lowest BCUT2D eigenvalue weighted by atomic mass is 10.1. The van der Waals surface area contributed by atoms with Crippen LogP contribution in [0.3, 0.4) is 0 Å². The Morgan fingerprint density at radius 2 is 2.24 bits per heavy atom. The summed E-state index contributed by atoms with van der Waals surface area (Å²) < 4.78 is 11.3. The summed E-state index contributed by atoms with van der Waals surface area (Å²) in [6.07, 6.45) is 5.30. The summed E-state index contributed by atoms with van der Waals surface area (Å²) in [5.41, 5.74) is 2.78. The van der Waals surface area contributed by atoms with Gasteiger partial charge in [0.2, 0.25) is 0 Å². The minimum atomic E-state index is -0.481. The molecule has 0 saturated carbocycles. The van der Waals surface area contributed by atoms with Gasteiger partial charge in [0, 0.05) is 13.2 Å². The van der Waals surface area contributed by atoms with Crippen molar-refractivity contribution in [3.63, 3.8) is 0 Å². The fourth-order valence-corrected chi connectivity index (χ4v) is 3.04. The number of aryl methyl sites for hydroxylation is 2. The van der Waals surface area contributed by atoms with Crippen molar-refractivity contribution in [2.24, 2.45) is 0 Å². The molecule has 1 amide bonds. The second-order valence-corrected chi connectivity index (χ2v) is 5.92. The molecule has 2 atom stereocenters. The highest BCUT2D eigenvalue weighted by Crippen LogP contribution is 2.26. The molecule has 1 heterocycles. The molecule has 1 N–H and O–H groups in total. The third-order valence-electron chi connectivity index (χ3n) is 4.28. The van der Waals surface area contributed by atoms with Gasteiger partial charge in [0.05, 0.1) is 6.10 Å². The van der Waals surface area contributed by atoms with Gasteiger partial charge in [-0.2, -0.15) is 0 Å². The summed E-state index contributed by atoms with van der Waals surface area (Å²) in [6.45, 7) is 3.18. The number of amides is 1. The molecule has 21 heavy (non-hydrogen) atoms. The molecular weight excluding hydrogens is 266 g/mol. The summed E-state index contributed by atoms with van der Waals surface area (Å²) in [4.78, 5) is 12.0. The number of benzene rings is 1. The first-order chi connectivity index (χ1) is 10.2. The molecule has 1 aromatic rings. The van der Waals surface area contributed by atoms with Gasteiger partial charge in [0.25, 0.3) is 5.91 Å². The molecule has 4 heteroatoms. The Morgan fingerprint density at radius 1 is 1.38 bits per heavy atom. The van der Waals surface area contributed by atoms with E-state index >= 15 is 0 Å². The van der Waals surface area contributed by atoms with Crippen LogP contribution >= 0.6 is 0 Å². The van der Waals surface area contributed by atoms with Crippen LogP contribution in [0.5, 0.6) is 5.75 Å². The first-order valence-corrected chi connectivity index (χ1v) is 7.90. The summed E-state index contributed by atoms with van der Waals surface area (Å²) in [5.74, 6) is 0.710. The van der Waals surface area contributed by atoms with Gasteiger partial charge >= 0.3 is 0 Å². The van der Waals surface area contributed by atoms with E-state index in [1.807, 2.05) is 6.07 Å². The normalized spacial score (nSPS) is 21.9. The minimum Gasteiger partial charge on any atom is -0.481 e. The lowest BCUT2D eigenvalue weighted by Crippen LogP contribution is -2.40. The molecule has 3 rings (SSSR count). The Balaban J connectivity index is 1.50. The lowest BCUT2D eigenvalue weighted by molar-refractivity contribution is -0.127. The topological polar surface area (TPSA) is 47.6 Å². The zero-order valence-electron chi connectivity index (χ0n) is 12.6. The fourth-order valence-electron chi connectivity index (χ4n) is 3.04. The number of nitrogens with one attached hydrogen (secondary N) is 1. The van der Waals surface area contributed by atoms with Gasteiger partial charge in [-0.1, -0.05) is 6.07 Å². The van der Waals surface area contributed by atoms with Gasteiger partial charge in [-0.15, -0.1) is 0 Å². The van der Waals surface area contributed by atoms with E-state index in [-0.39, 0.29) is 12.0 Å². The summed E-state index contributed by atoms with van der Waals surface area (Å²) >= 11 is 0. The van der Waals surface area contributed by atoms with Crippen molar-refractivity contribution in [1.82, 2.24) is 5.32 Å². The van der Waals surface area contributed by atoms with Crippen LogP contribution in [-0.2, 0) is 22.4 Å². The smallest absolute Gasteiger partial charge is 0.260 e. The first-order valence-electron chi connectivity index (χ1n) is 7.90. The van der Waals surface area contributed by atoms with Crippen molar-refractivity contribution < 1.29 is 14.3 Å². The second kappa shape index (κ2) is 6.48. The molecule has 1 aliphatic carbocycles. The predicted octanol–water partition coefficient (Wildman–Crippen LogP) is 2.24. The highest BCUT2D eigenvalue weighted by Gasteiger charge is 2.20. The summed E-state index contributed by atoms with van der Waals surface area (Å²) in [5, 5.41) is 2.91. The molecular formula is C17H23NO3. The highest BCUT2D eigenvalue weighted by molar-refractivity contribution is 5.80. The SMILES string of the molecule is C[C@@H](Oc1ccc2c(c1)CCC2)C(=O)NC[C@@H]1CCCO1. The van der Waals surface area contributed by atoms with Crippen molar-refractivity contribution in [1.29, 1.82) is 0 Å². The molecule has 0 spiro atoms. The van der Waals surface area contributed by atoms with Crippen LogP contribution in [0.4, 0.5) is 0 Å². The van der Waals surface area contributed by atoms with Crippen LogP contribution in [0, 0.1) is 0 Å². The van der Waals surface area contributed by atoms with Crippen LogP contribution in [-0.4, -0.2) is 31.3 Å². The second-order valence-electron chi connectivity index (χ2n) is 5.92. The third-order valence-corrected chi connectivity index (χ3v) is 4.28. The van der Waals surface area contributed by atoms with Crippen LogP contribution in [0.15, 0.2) is 18.2 Å². The monoisotopic (exact) mass is 289 g/mol. The van der Waals surface area contributed by atoms with Gasteiger partial charge in [-0.25, -0.2) is 0 Å². The minimum absolute atomic E-state index is 0.0778. The number of carbonyl (C=O) groups is 1. The zero-order valence-corrected chi connectivity index (χ0v) is 12.6. The van der Waals surface area contributed by atoms with Gasteiger partial charge in [-0.3, -0.25) is 4.79 Å². The van der Waals surface area contributed by atoms with Crippen molar-refractivity contribution in [2.75, 3.05) is 13.2 Å². The van der Waals surface area contributed by atoms with Crippen LogP contribution in [0.2, 0.25) is 0 Å². The maximum absolute atomic E-state index is 12.0. The van der Waals surface area contributed by atoms with Gasteiger partial charge < -0.3 is 14.8 Å². The Kier molecular flexibility index (Phi) is 4.44. The molecule has 1 aromatic carbocycles. The predicted molar refractivity (Wildman–Crippen MR) is 80.5 cm³/mol. The molecule has 0 radical (unpaired) electrons. The molecule has 1 saturated heterocycles. The van der Waals surface area contributed by atoms with Crippen molar-refractivity contribution in [2.45, 2.75) is 51.2 Å². The fraction of sp³-hybridized carbons (Fsp3) is 0.588. The highest BCUT2D eigenvalue weighted by atomic mass is 16.5. The zero-order chi connectivity index (χ0) is 14.7. The average molecular weight is 289 g/mol. The van der Waals surface area contributed by atoms with E-state index in [2.05, 4.69) is 17.4 Å². The molecule has 0 aromatic heterocycles. The number of carbonyl (C=O) groups excluding carboxylic acids is 1. The van der Waals surface area contributed by atoms with Crippen molar-refractivity contribution >= 4 is 5.91 Å². The number of hydrogen-bond acceptors (Lipinski definition) is 3. The quantitative estimate of drug-likeness (QED) is 0.904. The maximum Gasteiger partial charge on any atom is 0.260 e. The maximum atomic E-state index is 12.0. The number of rotatable bonds is 5. The van der Waals surface area contributed by atoms with E-state index in [1.54, 1.807) is 6.92 Å². The molecule has 0 unspecified atom stereocenters. The van der Waals surface area contributed by atoms with Crippen molar-refractivity contribution in [3.8, 4) is 5.75 Å². The molecule has 4 nitrogen and oxygen atoms in total. The summed E-state index contributed by atoms with van der Waals surface area (Å²) in [7, 11) is 0. The molecule has 1 aliphatic heterocycles. The van der Waals surface area contributed by atoms with E-state index in [1.165, 1.54) is 17.5 Å². The van der Waals surface area contributed by atoms with E-state index in [0.29, 0.717) is 6.54 Å². The Hall–Kier alpha value is -1.55. The average Bonchev–Trinajstić information content (AvgIpc) is 3.15. The van der Waals surface area contributed by atoms with Gasteiger partial charge in [0.1, 0.15) is 5.75 Å². The van der Waals surface area contributed by atoms with E-state index in [0.717, 1.165) is 38.0 Å². The van der Waals surface area contributed by atoms with Gasteiger partial charge in [-0.05, 0) is 62.3 Å².